The molecule has 716 valence electrons. The Morgan fingerprint density at radius 3 is 1.06 bits per heavy atom. The molecule has 9 aliphatic rings. The number of carbonyl (C=O) groups excluding carboxylic acids is 8. The number of carboxylic acids is 1. The minimum atomic E-state index is -1.04. The van der Waals surface area contributed by atoms with Crippen LogP contribution < -0.4 is 5.32 Å². The van der Waals surface area contributed by atoms with Crippen LogP contribution in [0.3, 0.4) is 0 Å². The Hall–Kier alpha value is -12.6. The minimum absolute atomic E-state index is 0.0701. The highest BCUT2D eigenvalue weighted by molar-refractivity contribution is 9.11. The van der Waals surface area contributed by atoms with Crippen LogP contribution in [0.1, 0.15) is 142 Å². The number of likely N-dealkylation sites (tertiary alicyclic amines) is 2. The molecule has 3 aliphatic carbocycles. The number of halogens is 3. The van der Waals surface area contributed by atoms with E-state index in [1.54, 1.807) is 98.3 Å². The molecule has 21 rings (SSSR count). The van der Waals surface area contributed by atoms with Gasteiger partial charge < -0.3 is 48.6 Å². The van der Waals surface area contributed by atoms with E-state index in [1.165, 1.54) is 41.0 Å². The number of ether oxygens (including phenoxy) is 6. The first-order chi connectivity index (χ1) is 67.1. The lowest BCUT2D eigenvalue weighted by atomic mass is 9.95. The number of carbonyl (C=O) groups is 9. The van der Waals surface area contributed by atoms with Crippen molar-refractivity contribution in [2.24, 2.45) is 16.2 Å². The lowest BCUT2D eigenvalue weighted by Gasteiger charge is -2.27. The largest absolute Gasteiger partial charge is 0.480 e. The smallest absolute Gasteiger partial charge is 0.325 e. The zero-order chi connectivity index (χ0) is 97.1. The summed E-state index contributed by atoms with van der Waals surface area (Å²) in [5.74, 6) is -0.267. The second-order valence-corrected chi connectivity index (χ2v) is 38.7. The molecule has 139 heavy (non-hydrogen) atoms. The van der Waals surface area contributed by atoms with Gasteiger partial charge in [0, 0.05) is 125 Å². The third-order valence-corrected chi connectivity index (χ3v) is 27.9. The quantitative estimate of drug-likeness (QED) is 0.0651. The zero-order valence-electron chi connectivity index (χ0n) is 76.9. The third kappa shape index (κ3) is 21.6. The number of ketones is 6. The molecule has 37 nitrogen and oxygen atoms in total. The lowest BCUT2D eigenvalue weighted by Crippen LogP contribution is -2.45. The Kier molecular flexibility index (Phi) is 28.8. The molecule has 0 radical (unpaired) electrons. The zero-order valence-corrected chi connectivity index (χ0v) is 81.7. The summed E-state index contributed by atoms with van der Waals surface area (Å²) in [6.45, 7) is 14.6. The molecule has 6 bridgehead atoms. The Balaban J connectivity index is 0.000000129. The molecule has 12 aromatic heterocycles. The molecule has 9 atom stereocenters. The maximum Gasteiger partial charge on any atom is 0.325 e. The van der Waals surface area contributed by atoms with Crippen molar-refractivity contribution in [3.8, 4) is 33.8 Å². The standard InChI is InChI=1S/2C33H32BrN7O5.C18H21BrN2O3.C15H13N5O3/c2*1-19(42)32-23-9-24(22-13-35-20(2)36-14-22)37-15-27(23)40(39-32)16-31(44)41-26-11-33(12-29(33)41)18-46-8-4-3-7-45-17-21-5-6-30(34)38-25(21)10-28(26)43;19-17-4-3-12-10-23-5-1-2-6-24-11-18-8-14(20-16(18)9-18)15(22)7-13(12)21-17;1-8(21)15-11-3-12(10-4-16-9(2)17-5-10)18-6-13(11)20(19-15)7-14(22)23/h2*3-6,9,13-15,26,29H,7-8,10-12,16-18H2,1-2H3;1-4,14,16,20H,5-11H2;3-6H,7H2,1-2H3,(H,22,23)/b4-3+;4-3-;;/t2*26-,29+,33-;14-,16+,18-;/m000./s1. The molecule has 12 aromatic rings. The van der Waals surface area contributed by atoms with Crippen molar-refractivity contribution in [2.75, 3.05) is 59.5 Å². The van der Waals surface area contributed by atoms with Crippen molar-refractivity contribution < 1.29 is 76.7 Å². The van der Waals surface area contributed by atoms with Gasteiger partial charge in [-0.2, -0.15) is 15.3 Å². The van der Waals surface area contributed by atoms with Crippen LogP contribution >= 0.6 is 47.8 Å². The summed E-state index contributed by atoms with van der Waals surface area (Å²) in [7, 11) is 0. The van der Waals surface area contributed by atoms with Gasteiger partial charge >= 0.3 is 5.97 Å². The summed E-state index contributed by atoms with van der Waals surface area (Å²) >= 11 is 10.3. The van der Waals surface area contributed by atoms with Crippen LogP contribution in [0.15, 0.2) is 161 Å². The van der Waals surface area contributed by atoms with Crippen LogP contribution in [0.2, 0.25) is 0 Å². The number of carboxylic acid groups (broad SMARTS) is 1. The summed E-state index contributed by atoms with van der Waals surface area (Å²) in [5.41, 5.74) is 10.5. The molecule has 6 aliphatic heterocycles. The maximum atomic E-state index is 14.2. The fraction of sp³-hybridized carbons (Fsp3) is 0.394. The number of hydrogen-bond acceptors (Lipinski definition) is 31. The highest BCUT2D eigenvalue weighted by atomic mass is 79.9. The van der Waals surface area contributed by atoms with Gasteiger partial charge in [0.2, 0.25) is 11.8 Å². The van der Waals surface area contributed by atoms with Crippen LogP contribution in [-0.2, 0) is 116 Å². The van der Waals surface area contributed by atoms with Crippen molar-refractivity contribution in [3.63, 3.8) is 0 Å². The van der Waals surface area contributed by atoms with Crippen molar-refractivity contribution in [1.82, 2.24) is 104 Å². The number of nitrogens with zero attached hydrogens (tertiary/aromatic N) is 20. The molecule has 6 fully saturated rings. The van der Waals surface area contributed by atoms with Gasteiger partial charge in [0.1, 0.15) is 68.0 Å². The Morgan fingerprint density at radius 1 is 0.403 bits per heavy atom. The van der Waals surface area contributed by atoms with E-state index in [1.807, 2.05) is 72.9 Å². The van der Waals surface area contributed by atoms with Crippen molar-refractivity contribution >= 4 is 133 Å². The van der Waals surface area contributed by atoms with Gasteiger partial charge in [-0.15, -0.1) is 0 Å². The Labute approximate surface area is 822 Å². The highest BCUT2D eigenvalue weighted by Crippen LogP contribution is 2.62. The first-order valence-corrected chi connectivity index (χ1v) is 48.0. The summed E-state index contributed by atoms with van der Waals surface area (Å²) < 4.78 is 41.4. The SMILES string of the molecule is CC(=O)c1nn(CC(=O)N2[C@H]3C[C@@]4(COC/C=C/COCc5ccc(Br)nc5CC3=O)C[C@@H]24)c2cnc(-c3cnc(C)nc3)cc12.CC(=O)c1nn(CC(=O)N2[C@H]3C[C@@]4(COC/C=C\COCc5ccc(Br)nc5CC3=O)C[C@@H]24)c2cnc(-c3cnc(C)nc3)cc12.CC(=O)c1nn(CC(=O)O)c2cnc(-c3cnc(C)nc3)cc12.O=C1Cc2nc(Br)ccc2COCC=CCOC[C@@]23C[C@@H]1N[C@@H]2C3. The van der Waals surface area contributed by atoms with Crippen molar-refractivity contribution in [1.29, 1.82) is 0 Å². The molecule has 18 heterocycles. The highest BCUT2D eigenvalue weighted by Gasteiger charge is 2.69. The molecule has 3 saturated heterocycles. The van der Waals surface area contributed by atoms with Crippen LogP contribution in [0.25, 0.3) is 66.5 Å². The normalized spacial score (nSPS) is 23.2. The second kappa shape index (κ2) is 41.4. The van der Waals surface area contributed by atoms with E-state index in [4.69, 9.17) is 33.5 Å². The number of pyridine rings is 6. The van der Waals surface area contributed by atoms with Crippen LogP contribution in [0.5, 0.6) is 0 Å². The predicted molar refractivity (Wildman–Crippen MR) is 513 cm³/mol. The first-order valence-electron chi connectivity index (χ1n) is 45.6. The van der Waals surface area contributed by atoms with Crippen LogP contribution in [-0.4, -0.2) is 252 Å². The molecule has 0 aromatic carbocycles. The molecule has 2 N–H and O–H groups in total. The van der Waals surface area contributed by atoms with E-state index >= 15 is 0 Å². The number of hydrogen-bond donors (Lipinski definition) is 2. The van der Waals surface area contributed by atoms with E-state index < -0.39 is 18.1 Å². The van der Waals surface area contributed by atoms with Crippen molar-refractivity contribution in [2.45, 2.75) is 175 Å². The summed E-state index contributed by atoms with van der Waals surface area (Å²) in [5, 5.41) is 27.4. The number of amides is 2. The lowest BCUT2D eigenvalue weighted by molar-refractivity contribution is -0.139. The number of rotatable bonds is 12. The fourth-order valence-corrected chi connectivity index (χ4v) is 20.2. The van der Waals surface area contributed by atoms with Gasteiger partial charge in [-0.05, 0) is 160 Å². The van der Waals surface area contributed by atoms with Gasteiger partial charge in [-0.25, -0.2) is 44.9 Å². The average molecular weight is 2080 g/mol. The van der Waals surface area contributed by atoms with Gasteiger partial charge in [-0.3, -0.25) is 72.1 Å². The van der Waals surface area contributed by atoms with Gasteiger partial charge in [0.15, 0.2) is 34.7 Å². The Morgan fingerprint density at radius 2 is 0.727 bits per heavy atom. The fourth-order valence-electron chi connectivity index (χ4n) is 19.2. The van der Waals surface area contributed by atoms with E-state index in [9.17, 15) is 43.2 Å². The number of aryl methyl sites for hydroxylation is 3. The number of aromatic nitrogens is 18. The topological polar surface area (TPSA) is 456 Å². The first kappa shape index (κ1) is 96.6. The molecule has 0 unspecified atom stereocenters. The van der Waals surface area contributed by atoms with Gasteiger partial charge in [-0.1, -0.05) is 54.7 Å². The number of aliphatic carboxylic acids is 1. The third-order valence-electron chi connectivity index (χ3n) is 26.6. The minimum Gasteiger partial charge on any atom is -0.480 e. The van der Waals surface area contributed by atoms with E-state index in [0.29, 0.717) is 203 Å². The van der Waals surface area contributed by atoms with E-state index in [2.05, 4.69) is 128 Å². The van der Waals surface area contributed by atoms with Gasteiger partial charge in [0.25, 0.3) is 0 Å². The average Bonchev–Trinajstić information content (AvgIpc) is 1.53. The molecule has 2 amide bonds. The number of nitrogens with one attached hydrogen (secondary N) is 1. The predicted octanol–water partition coefficient (Wildman–Crippen LogP) is 11.3. The number of fused-ring (bicyclic) bond motifs is 9. The molecular weight excluding hydrogens is 1980 g/mol. The van der Waals surface area contributed by atoms with Crippen LogP contribution in [0.4, 0.5) is 0 Å². The molecule has 3 saturated carbocycles. The van der Waals surface area contributed by atoms with E-state index in [-0.39, 0.29) is 130 Å². The molecule has 3 spiro atoms. The molecular formula is C99H98Br3N21O16. The monoisotopic (exact) mass is 2070 g/mol. The van der Waals surface area contributed by atoms with Crippen LogP contribution in [0, 0.1) is 37.0 Å². The number of piperidine rings is 3. The number of Topliss-reactive ketones (excluding diaryl/α,β-unsaturated/α-hetero) is 6. The summed E-state index contributed by atoms with van der Waals surface area (Å²) in [6.07, 6.45) is 31.4. The maximum absolute atomic E-state index is 14.2. The van der Waals surface area contributed by atoms with Crippen molar-refractivity contribution in [3.05, 3.63) is 229 Å². The van der Waals surface area contributed by atoms with E-state index in [0.717, 1.165) is 59.3 Å². The Bertz CT molecular complexity index is 6660. The van der Waals surface area contributed by atoms with Gasteiger partial charge in [0.05, 0.1) is 186 Å². The summed E-state index contributed by atoms with van der Waals surface area (Å²) in [6, 6.07) is 15.4. The second-order valence-electron chi connectivity index (χ2n) is 36.3. The summed E-state index contributed by atoms with van der Waals surface area (Å²) in [4.78, 5) is 173. The molecule has 40 heteroatoms.